The Morgan fingerprint density at radius 1 is 1.56 bits per heavy atom. The zero-order valence-electron chi connectivity index (χ0n) is 11.2. The summed E-state index contributed by atoms with van der Waals surface area (Å²) >= 11 is 7.02. The summed E-state index contributed by atoms with van der Waals surface area (Å²) in [4.78, 5) is 20.3. The molecule has 1 heterocycles. The van der Waals surface area contributed by atoms with Gasteiger partial charge in [-0.05, 0) is 20.8 Å². The number of nitrogens with zero attached hydrogens (tertiary/aromatic N) is 1. The topological polar surface area (TPSA) is 71.5 Å². The Bertz CT molecular complexity index is 388. The average Bonchev–Trinajstić information content (AvgIpc) is 2.59. The number of amides is 1. The molecule has 0 unspecified atom stereocenters. The third kappa shape index (κ3) is 6.30. The molecular weight excluding hydrogens is 276 g/mol. The fraction of sp³-hybridized carbons (Fsp3) is 0.636. The molecule has 0 aliphatic heterocycles. The molecule has 0 aliphatic rings. The molecule has 104 valence electrons. The van der Waals surface area contributed by atoms with Gasteiger partial charge in [-0.1, -0.05) is 25.4 Å². The van der Waals surface area contributed by atoms with Gasteiger partial charge < -0.3 is 5.11 Å². The summed E-state index contributed by atoms with van der Waals surface area (Å²) in [5, 5.41) is 10.1. The quantitative estimate of drug-likeness (QED) is 0.837. The molecule has 1 amide bonds. The van der Waals surface area contributed by atoms with Crippen LogP contribution in [0.4, 0.5) is 0 Å². The molecule has 0 fully saturated rings. The number of carbonyl (C=O) groups is 1. The normalized spacial score (nSPS) is 10.6. The van der Waals surface area contributed by atoms with Crippen molar-refractivity contribution in [3.05, 3.63) is 15.0 Å². The number of thiazole rings is 1. The molecule has 0 bridgehead atoms. The lowest BCUT2D eigenvalue weighted by Gasteiger charge is -2.16. The summed E-state index contributed by atoms with van der Waals surface area (Å²) in [5.41, 5.74) is 1.30. The van der Waals surface area contributed by atoms with Gasteiger partial charge in [-0.2, -0.15) is 0 Å². The maximum Gasteiger partial charge on any atom is 0.295 e. The number of hydroxylamine groups is 1. The van der Waals surface area contributed by atoms with Crippen LogP contribution in [0, 0.1) is 6.92 Å². The number of rotatable bonds is 4. The molecule has 1 aromatic rings. The van der Waals surface area contributed by atoms with Crippen molar-refractivity contribution >= 4 is 28.8 Å². The van der Waals surface area contributed by atoms with Gasteiger partial charge in [-0.15, -0.1) is 11.3 Å². The molecular formula is C11H19ClN2O3S. The van der Waals surface area contributed by atoms with E-state index in [4.69, 9.17) is 16.4 Å². The summed E-state index contributed by atoms with van der Waals surface area (Å²) in [7, 11) is 0. The van der Waals surface area contributed by atoms with Crippen LogP contribution < -0.4 is 5.48 Å². The van der Waals surface area contributed by atoms with E-state index in [1.54, 1.807) is 20.8 Å². The lowest BCUT2D eigenvalue weighted by Crippen LogP contribution is -2.33. The lowest BCUT2D eigenvalue weighted by atomic mass is 10.2. The highest BCUT2D eigenvalue weighted by Gasteiger charge is 2.17. The molecule has 1 aromatic heterocycles. The Hall–Kier alpha value is -0.690. The average molecular weight is 295 g/mol. The molecule has 0 atom stereocenters. The number of aromatic nitrogens is 1. The molecule has 0 saturated carbocycles. The molecule has 0 saturated heterocycles. The first-order valence-corrected chi connectivity index (χ1v) is 6.76. The van der Waals surface area contributed by atoms with Gasteiger partial charge in [0, 0.05) is 0 Å². The van der Waals surface area contributed by atoms with Crippen LogP contribution in [0.15, 0.2) is 0 Å². The van der Waals surface area contributed by atoms with E-state index in [1.807, 2.05) is 13.8 Å². The number of carbonyl (C=O) groups excluding carboxylic acids is 1. The molecule has 0 aliphatic carbocycles. The minimum atomic E-state index is -1.00. The van der Waals surface area contributed by atoms with Gasteiger partial charge in [0.15, 0.2) is 5.69 Å². The second-order valence-corrected chi connectivity index (χ2v) is 5.69. The van der Waals surface area contributed by atoms with Gasteiger partial charge in [0.25, 0.3) is 5.91 Å². The van der Waals surface area contributed by atoms with Gasteiger partial charge in [0.1, 0.15) is 10.9 Å². The van der Waals surface area contributed by atoms with Crippen molar-refractivity contribution in [1.82, 2.24) is 10.5 Å². The van der Waals surface area contributed by atoms with Crippen molar-refractivity contribution in [2.24, 2.45) is 0 Å². The predicted molar refractivity (Wildman–Crippen MR) is 72.9 cm³/mol. The zero-order chi connectivity index (χ0) is 14.3. The van der Waals surface area contributed by atoms with Gasteiger partial charge in [-0.3, -0.25) is 9.63 Å². The fourth-order valence-electron chi connectivity index (χ4n) is 0.869. The lowest BCUT2D eigenvalue weighted by molar-refractivity contribution is -0.0523. The summed E-state index contributed by atoms with van der Waals surface area (Å²) in [6.45, 7) is 8.88. The van der Waals surface area contributed by atoms with Gasteiger partial charge in [0.05, 0.1) is 10.6 Å². The number of aryl methyl sites for hydroxylation is 1. The zero-order valence-corrected chi connectivity index (χ0v) is 12.8. The van der Waals surface area contributed by atoms with Crippen molar-refractivity contribution in [1.29, 1.82) is 0 Å². The maximum atomic E-state index is 11.5. The molecule has 5 nitrogen and oxygen atoms in total. The van der Waals surface area contributed by atoms with Crippen LogP contribution in [-0.2, 0) is 4.84 Å². The van der Waals surface area contributed by atoms with Gasteiger partial charge >= 0.3 is 0 Å². The Balaban J connectivity index is 0.00000137. The first-order valence-electron chi connectivity index (χ1n) is 5.57. The number of aliphatic hydroxyl groups is 1. The molecule has 1 rings (SSSR count). The van der Waals surface area contributed by atoms with Crippen LogP contribution >= 0.6 is 22.9 Å². The maximum absolute atomic E-state index is 11.5. The summed E-state index contributed by atoms with van der Waals surface area (Å²) in [5.74, 6) is -0.515. The Labute approximate surface area is 116 Å². The van der Waals surface area contributed by atoms with Crippen molar-refractivity contribution in [2.45, 2.75) is 40.2 Å². The third-order valence-corrected chi connectivity index (χ3v) is 2.67. The van der Waals surface area contributed by atoms with Crippen LogP contribution in [-0.4, -0.2) is 28.2 Å². The SMILES string of the molecule is CC.Cc1nc(C(=O)NOCC(C)(C)O)c(Cl)s1. The summed E-state index contributed by atoms with van der Waals surface area (Å²) in [6, 6.07) is 0. The number of nitrogens with one attached hydrogen (secondary N) is 1. The van der Waals surface area contributed by atoms with Gasteiger partial charge in [0.2, 0.25) is 0 Å². The summed E-state index contributed by atoms with van der Waals surface area (Å²) < 4.78 is 0.321. The molecule has 0 spiro atoms. The minimum absolute atomic E-state index is 0.0144. The molecule has 0 radical (unpaired) electrons. The highest BCUT2D eigenvalue weighted by atomic mass is 35.5. The van der Waals surface area contributed by atoms with E-state index in [1.165, 1.54) is 11.3 Å². The predicted octanol–water partition coefficient (Wildman–Crippen LogP) is 2.56. The second kappa shape index (κ2) is 7.68. The molecule has 18 heavy (non-hydrogen) atoms. The van der Waals surface area contributed by atoms with E-state index in [-0.39, 0.29) is 12.3 Å². The number of halogens is 1. The Morgan fingerprint density at radius 3 is 2.50 bits per heavy atom. The van der Waals surface area contributed by atoms with Crippen LogP contribution in [0.5, 0.6) is 0 Å². The number of hydrogen-bond acceptors (Lipinski definition) is 5. The number of hydrogen-bond donors (Lipinski definition) is 2. The first-order chi connectivity index (χ1) is 8.29. The third-order valence-electron chi connectivity index (χ3n) is 1.50. The van der Waals surface area contributed by atoms with Crippen molar-refractivity contribution < 1.29 is 14.7 Å². The van der Waals surface area contributed by atoms with Crippen LogP contribution in [0.2, 0.25) is 4.34 Å². The van der Waals surface area contributed by atoms with E-state index in [9.17, 15) is 9.90 Å². The first kappa shape index (κ1) is 17.3. The molecule has 0 aromatic carbocycles. The van der Waals surface area contributed by atoms with E-state index < -0.39 is 11.5 Å². The van der Waals surface area contributed by atoms with Crippen molar-refractivity contribution in [3.63, 3.8) is 0 Å². The molecule has 7 heteroatoms. The molecule has 2 N–H and O–H groups in total. The summed E-state index contributed by atoms with van der Waals surface area (Å²) in [6.07, 6.45) is 0. The highest BCUT2D eigenvalue weighted by Crippen LogP contribution is 2.23. The second-order valence-electron chi connectivity index (χ2n) is 3.89. The monoisotopic (exact) mass is 294 g/mol. The van der Waals surface area contributed by atoms with E-state index in [0.717, 1.165) is 0 Å². The van der Waals surface area contributed by atoms with E-state index >= 15 is 0 Å². The fourth-order valence-corrected chi connectivity index (χ4v) is 1.96. The minimum Gasteiger partial charge on any atom is -0.388 e. The van der Waals surface area contributed by atoms with Crippen LogP contribution in [0.25, 0.3) is 0 Å². The van der Waals surface area contributed by atoms with Gasteiger partial charge in [-0.25, -0.2) is 10.5 Å². The van der Waals surface area contributed by atoms with Crippen LogP contribution in [0.1, 0.15) is 43.2 Å². The van der Waals surface area contributed by atoms with E-state index in [0.29, 0.717) is 9.34 Å². The van der Waals surface area contributed by atoms with Crippen LogP contribution in [0.3, 0.4) is 0 Å². The smallest absolute Gasteiger partial charge is 0.295 e. The van der Waals surface area contributed by atoms with E-state index in [2.05, 4.69) is 10.5 Å². The Kier molecular flexibility index (Phi) is 7.39. The highest BCUT2D eigenvalue weighted by molar-refractivity contribution is 7.16. The van der Waals surface area contributed by atoms with Crippen molar-refractivity contribution in [3.8, 4) is 0 Å². The Morgan fingerprint density at radius 2 is 2.11 bits per heavy atom. The standard InChI is InChI=1S/C9H13ClN2O3S.C2H6/c1-5-11-6(7(10)16-5)8(13)12-15-4-9(2,3)14;1-2/h14H,4H2,1-3H3,(H,12,13);1-2H3. The largest absolute Gasteiger partial charge is 0.388 e. The van der Waals surface area contributed by atoms with Crippen molar-refractivity contribution in [2.75, 3.05) is 6.61 Å².